The Hall–Kier alpha value is -3.04. The highest BCUT2D eigenvalue weighted by molar-refractivity contribution is 9.10. The molecule has 0 bridgehead atoms. The van der Waals surface area contributed by atoms with E-state index in [-0.39, 0.29) is 28.9 Å². The predicted octanol–water partition coefficient (Wildman–Crippen LogP) is 4.64. The first-order valence-corrected chi connectivity index (χ1v) is 13.4. The van der Waals surface area contributed by atoms with Crippen LogP contribution in [0.15, 0.2) is 40.4 Å². The molecular weight excluding hydrogens is 540 g/mol. The highest BCUT2D eigenvalue weighted by Crippen LogP contribution is 2.44. The molecule has 1 saturated heterocycles. The highest BCUT2D eigenvalue weighted by atomic mass is 79.9. The maximum absolute atomic E-state index is 13.4. The van der Waals surface area contributed by atoms with Crippen LogP contribution in [0.5, 0.6) is 17.2 Å². The van der Waals surface area contributed by atoms with E-state index < -0.39 is 17.7 Å². The normalized spacial score (nSPS) is 20.4. The van der Waals surface area contributed by atoms with E-state index in [9.17, 15) is 19.8 Å². The number of likely N-dealkylation sites (tertiary alicyclic amines) is 1. The smallest absolute Gasteiger partial charge is 0.295 e. The number of aliphatic hydroxyl groups excluding tert-OH is 1. The Kier molecular flexibility index (Phi) is 8.14. The third-order valence-electron chi connectivity index (χ3n) is 7.06. The summed E-state index contributed by atoms with van der Waals surface area (Å²) in [5, 5.41) is 21.8. The van der Waals surface area contributed by atoms with Gasteiger partial charge in [0.25, 0.3) is 11.7 Å². The second-order valence-electron chi connectivity index (χ2n) is 9.38. The van der Waals surface area contributed by atoms with Gasteiger partial charge in [0.2, 0.25) is 0 Å². The van der Waals surface area contributed by atoms with Gasteiger partial charge in [-0.1, -0.05) is 13.8 Å². The van der Waals surface area contributed by atoms with Crippen molar-refractivity contribution < 1.29 is 29.3 Å². The van der Waals surface area contributed by atoms with Crippen LogP contribution in [0.25, 0.3) is 5.76 Å². The van der Waals surface area contributed by atoms with E-state index in [1.165, 1.54) is 12.0 Å². The van der Waals surface area contributed by atoms with Gasteiger partial charge < -0.3 is 29.5 Å². The number of carbonyl (C=O) groups is 2. The topological polar surface area (TPSA) is 99.5 Å². The van der Waals surface area contributed by atoms with Crippen LogP contribution in [0.4, 0.5) is 0 Å². The van der Waals surface area contributed by atoms with Crippen molar-refractivity contribution in [3.05, 3.63) is 57.1 Å². The molecule has 2 heterocycles. The molecule has 0 aliphatic carbocycles. The third kappa shape index (κ3) is 5.20. The molecule has 0 radical (unpaired) electrons. The van der Waals surface area contributed by atoms with E-state index in [2.05, 4.69) is 34.7 Å². The van der Waals surface area contributed by atoms with Crippen LogP contribution in [0.1, 0.15) is 49.9 Å². The Morgan fingerprint density at radius 3 is 2.62 bits per heavy atom. The van der Waals surface area contributed by atoms with Crippen LogP contribution in [-0.4, -0.2) is 71.1 Å². The summed E-state index contributed by atoms with van der Waals surface area (Å²) in [4.78, 5) is 30.4. The minimum atomic E-state index is -0.842. The quantitative estimate of drug-likeness (QED) is 0.256. The van der Waals surface area contributed by atoms with Crippen LogP contribution in [0.3, 0.4) is 0 Å². The van der Waals surface area contributed by atoms with E-state index in [1.54, 1.807) is 24.3 Å². The minimum absolute atomic E-state index is 0.0133. The SMILES string of the molecule is CCN(CC)CCCN1C(=O)C(=O)/C(=C(/O)c2ccc3c(c2)C[C@H](C)O3)[C@@H]1c1cc(Br)c(O)c(OC)c1. The van der Waals surface area contributed by atoms with Gasteiger partial charge in [-0.3, -0.25) is 9.59 Å². The summed E-state index contributed by atoms with van der Waals surface area (Å²) in [6, 6.07) is 7.70. The summed E-state index contributed by atoms with van der Waals surface area (Å²) in [5.41, 5.74) is 1.95. The number of ketones is 1. The van der Waals surface area contributed by atoms with Gasteiger partial charge in [-0.25, -0.2) is 0 Å². The van der Waals surface area contributed by atoms with Gasteiger partial charge in [0.1, 0.15) is 17.6 Å². The first-order chi connectivity index (χ1) is 17.7. The van der Waals surface area contributed by atoms with Gasteiger partial charge in [0.15, 0.2) is 11.5 Å². The summed E-state index contributed by atoms with van der Waals surface area (Å²) in [6.07, 6.45) is 1.39. The summed E-state index contributed by atoms with van der Waals surface area (Å²) in [5.74, 6) is -0.769. The van der Waals surface area contributed by atoms with Gasteiger partial charge in [-0.05, 0) is 90.4 Å². The largest absolute Gasteiger partial charge is 0.507 e. The molecule has 2 aromatic rings. The number of benzene rings is 2. The van der Waals surface area contributed by atoms with Crippen LogP contribution < -0.4 is 9.47 Å². The van der Waals surface area contributed by atoms with E-state index >= 15 is 0 Å². The van der Waals surface area contributed by atoms with Gasteiger partial charge in [0, 0.05) is 18.5 Å². The molecule has 2 aromatic carbocycles. The zero-order valence-electron chi connectivity index (χ0n) is 21.6. The standard InChI is InChI=1S/C28H33BrN2O6/c1-5-30(6-2)10-7-11-31-24(19-14-20(29)26(33)22(15-19)36-4)23(27(34)28(31)35)25(32)17-8-9-21-18(13-17)12-16(3)37-21/h8-9,13-16,24,32-33H,5-7,10-12H2,1-4H3/b25-23+/t16-,24-/m0/s1. The number of aromatic hydroxyl groups is 1. The number of nitrogens with zero attached hydrogens (tertiary/aromatic N) is 2. The van der Waals surface area contributed by atoms with E-state index in [4.69, 9.17) is 9.47 Å². The molecule has 0 aromatic heterocycles. The first-order valence-electron chi connectivity index (χ1n) is 12.6. The van der Waals surface area contributed by atoms with Crippen molar-refractivity contribution in [3.8, 4) is 17.2 Å². The number of fused-ring (bicyclic) bond motifs is 1. The maximum Gasteiger partial charge on any atom is 0.295 e. The predicted molar refractivity (Wildman–Crippen MR) is 144 cm³/mol. The van der Waals surface area contributed by atoms with E-state index in [1.807, 2.05) is 13.0 Å². The number of ether oxygens (including phenoxy) is 2. The average Bonchev–Trinajstić information content (AvgIpc) is 3.38. The fourth-order valence-electron chi connectivity index (χ4n) is 5.09. The number of amides is 1. The second-order valence-corrected chi connectivity index (χ2v) is 10.2. The van der Waals surface area contributed by atoms with Crippen molar-refractivity contribution in [2.45, 2.75) is 45.8 Å². The lowest BCUT2D eigenvalue weighted by atomic mass is 9.94. The minimum Gasteiger partial charge on any atom is -0.507 e. The van der Waals surface area contributed by atoms with Crippen molar-refractivity contribution >= 4 is 33.4 Å². The molecule has 9 heteroatoms. The molecular formula is C28H33BrN2O6. The van der Waals surface area contributed by atoms with Gasteiger partial charge in [-0.15, -0.1) is 0 Å². The van der Waals surface area contributed by atoms with Crippen molar-refractivity contribution in [1.82, 2.24) is 9.80 Å². The molecule has 37 heavy (non-hydrogen) atoms. The maximum atomic E-state index is 13.4. The molecule has 1 fully saturated rings. The number of phenols is 1. The first kappa shape index (κ1) is 27.0. The van der Waals surface area contributed by atoms with Crippen LogP contribution in [-0.2, 0) is 16.0 Å². The number of hydrogen-bond acceptors (Lipinski definition) is 7. The third-order valence-corrected chi connectivity index (χ3v) is 7.67. The van der Waals surface area contributed by atoms with Crippen molar-refractivity contribution in [1.29, 1.82) is 0 Å². The van der Waals surface area contributed by atoms with Crippen molar-refractivity contribution in [2.75, 3.05) is 33.3 Å². The number of hydrogen-bond donors (Lipinski definition) is 2. The number of aliphatic hydroxyl groups is 1. The fraction of sp³-hybridized carbons (Fsp3) is 0.429. The molecule has 2 N–H and O–H groups in total. The summed E-state index contributed by atoms with van der Waals surface area (Å²) >= 11 is 3.35. The lowest BCUT2D eigenvalue weighted by molar-refractivity contribution is -0.140. The lowest BCUT2D eigenvalue weighted by Crippen LogP contribution is -2.33. The second kappa shape index (κ2) is 11.1. The number of rotatable bonds is 9. The molecule has 0 unspecified atom stereocenters. The summed E-state index contributed by atoms with van der Waals surface area (Å²) < 4.78 is 11.5. The Morgan fingerprint density at radius 1 is 1.22 bits per heavy atom. The Balaban J connectivity index is 1.80. The fourth-order valence-corrected chi connectivity index (χ4v) is 5.55. The summed E-state index contributed by atoms with van der Waals surface area (Å²) in [6.45, 7) is 9.02. The monoisotopic (exact) mass is 572 g/mol. The molecule has 2 aliphatic heterocycles. The zero-order chi connectivity index (χ0) is 26.9. The summed E-state index contributed by atoms with van der Waals surface area (Å²) in [7, 11) is 1.43. The van der Waals surface area contributed by atoms with Gasteiger partial charge >= 0.3 is 0 Å². The molecule has 0 saturated carbocycles. The number of Topliss-reactive ketones (excluding diaryl/α,β-unsaturated/α-hetero) is 1. The van der Waals surface area contributed by atoms with Gasteiger partial charge in [0.05, 0.1) is 23.2 Å². The molecule has 4 rings (SSSR count). The van der Waals surface area contributed by atoms with Crippen LogP contribution in [0, 0.1) is 0 Å². The molecule has 1 amide bonds. The molecule has 198 valence electrons. The molecule has 2 atom stereocenters. The van der Waals surface area contributed by atoms with Crippen LogP contribution in [0.2, 0.25) is 0 Å². The lowest BCUT2D eigenvalue weighted by Gasteiger charge is -2.27. The van der Waals surface area contributed by atoms with Crippen molar-refractivity contribution in [3.63, 3.8) is 0 Å². The van der Waals surface area contributed by atoms with Crippen molar-refractivity contribution in [2.24, 2.45) is 0 Å². The highest BCUT2D eigenvalue weighted by Gasteiger charge is 2.46. The van der Waals surface area contributed by atoms with E-state index in [0.29, 0.717) is 35.0 Å². The Bertz CT molecular complexity index is 1240. The van der Waals surface area contributed by atoms with Gasteiger partial charge in [-0.2, -0.15) is 0 Å². The molecule has 2 aliphatic rings. The molecule has 8 nitrogen and oxygen atoms in total. The average molecular weight is 573 g/mol. The zero-order valence-corrected chi connectivity index (χ0v) is 23.2. The Morgan fingerprint density at radius 2 is 1.95 bits per heavy atom. The Labute approximate surface area is 225 Å². The molecule has 0 spiro atoms. The number of phenolic OH excluding ortho intramolecular Hbond substituents is 1. The number of carbonyl (C=O) groups excluding carboxylic acids is 2. The number of methoxy groups -OCH3 is 1. The van der Waals surface area contributed by atoms with E-state index in [0.717, 1.165) is 30.9 Å². The number of halogens is 1. The van der Waals surface area contributed by atoms with Crippen LogP contribution >= 0.6 is 15.9 Å².